The summed E-state index contributed by atoms with van der Waals surface area (Å²) in [5.41, 5.74) is 1.22. The van der Waals surface area contributed by atoms with Gasteiger partial charge in [0.05, 0.1) is 10.6 Å². The van der Waals surface area contributed by atoms with E-state index in [1.807, 2.05) is 24.3 Å². The fourth-order valence-electron chi connectivity index (χ4n) is 3.58. The number of benzene rings is 2. The summed E-state index contributed by atoms with van der Waals surface area (Å²) in [6.45, 7) is 5.28. The van der Waals surface area contributed by atoms with Crippen molar-refractivity contribution >= 4 is 45.8 Å². The van der Waals surface area contributed by atoms with Crippen molar-refractivity contribution in [1.82, 2.24) is 15.1 Å². The first-order chi connectivity index (χ1) is 15.1. The Morgan fingerprint density at radius 3 is 2.25 bits per heavy atom. The lowest BCUT2D eigenvalue weighted by Crippen LogP contribution is -2.52. The number of piperazine rings is 1. The Labute approximate surface area is 209 Å². The molecule has 0 unspecified atom stereocenters. The van der Waals surface area contributed by atoms with Gasteiger partial charge in [-0.1, -0.05) is 60.7 Å². The van der Waals surface area contributed by atoms with E-state index in [0.29, 0.717) is 17.9 Å². The minimum Gasteiger partial charge on any atom is -0.356 e. The second-order valence-electron chi connectivity index (χ2n) is 7.56. The lowest BCUT2D eigenvalue weighted by atomic mass is 10.2. The Kier molecular flexibility index (Phi) is 11.2. The van der Waals surface area contributed by atoms with Crippen LogP contribution in [0.25, 0.3) is 6.08 Å². The van der Waals surface area contributed by atoms with Crippen LogP contribution < -0.4 is 5.32 Å². The smallest absolute Gasteiger partial charge is 0.193 e. The van der Waals surface area contributed by atoms with Crippen LogP contribution in [0.2, 0.25) is 0 Å². The standard InChI is InChI=1S/C24H32N4O2S.HI/c1-25-24(26-15-9-21-31(29,30)23-13-6-3-7-14-23)28-19-17-27(18-20-28)16-8-12-22-10-4-2-5-11-22;/h2-8,10-14H,9,15-21H2,1H3,(H,25,26);1H/b12-8+;. The van der Waals surface area contributed by atoms with Gasteiger partial charge in [-0.15, -0.1) is 24.0 Å². The van der Waals surface area contributed by atoms with Crippen LogP contribution in [-0.2, 0) is 9.84 Å². The number of halogens is 1. The molecule has 8 heteroatoms. The molecule has 0 radical (unpaired) electrons. The summed E-state index contributed by atoms with van der Waals surface area (Å²) in [7, 11) is -1.46. The molecule has 0 bridgehead atoms. The highest BCUT2D eigenvalue weighted by molar-refractivity contribution is 14.0. The number of hydrogen-bond acceptors (Lipinski definition) is 4. The number of rotatable bonds is 8. The van der Waals surface area contributed by atoms with Gasteiger partial charge in [-0.2, -0.15) is 0 Å². The normalized spacial score (nSPS) is 15.5. The number of aliphatic imine (C=N–C) groups is 1. The molecule has 6 nitrogen and oxygen atoms in total. The maximum atomic E-state index is 12.4. The molecule has 1 aliphatic heterocycles. The van der Waals surface area contributed by atoms with Crippen LogP contribution in [0, 0.1) is 0 Å². The molecule has 0 saturated carbocycles. The van der Waals surface area contributed by atoms with Crippen molar-refractivity contribution in [2.24, 2.45) is 4.99 Å². The van der Waals surface area contributed by atoms with Crippen molar-refractivity contribution in [1.29, 1.82) is 0 Å². The van der Waals surface area contributed by atoms with Crippen molar-refractivity contribution in [2.75, 3.05) is 52.1 Å². The fraction of sp³-hybridized carbons (Fsp3) is 0.375. The monoisotopic (exact) mass is 568 g/mol. The molecule has 1 heterocycles. The first kappa shape index (κ1) is 26.3. The molecule has 1 N–H and O–H groups in total. The summed E-state index contributed by atoms with van der Waals surface area (Å²) in [6.07, 6.45) is 4.92. The minimum atomic E-state index is -3.23. The Hall–Kier alpha value is -1.91. The van der Waals surface area contributed by atoms with Crippen LogP contribution in [0.5, 0.6) is 0 Å². The van der Waals surface area contributed by atoms with E-state index in [0.717, 1.165) is 38.7 Å². The van der Waals surface area contributed by atoms with Crippen molar-refractivity contribution < 1.29 is 8.42 Å². The molecule has 0 atom stereocenters. The SMILES string of the molecule is CN=C(NCCCS(=O)(=O)c1ccccc1)N1CCN(C/C=C/c2ccccc2)CC1.I. The molecule has 0 amide bonds. The van der Waals surface area contributed by atoms with E-state index in [2.05, 4.69) is 44.4 Å². The van der Waals surface area contributed by atoms with Gasteiger partial charge in [-0.05, 0) is 24.1 Å². The topological polar surface area (TPSA) is 65.0 Å². The highest BCUT2D eigenvalue weighted by Crippen LogP contribution is 2.11. The average Bonchev–Trinajstić information content (AvgIpc) is 2.81. The van der Waals surface area contributed by atoms with Crippen LogP contribution in [0.15, 0.2) is 76.6 Å². The van der Waals surface area contributed by atoms with E-state index in [-0.39, 0.29) is 29.7 Å². The summed E-state index contributed by atoms with van der Waals surface area (Å²) < 4.78 is 24.8. The quantitative estimate of drug-likeness (QED) is 0.229. The number of sulfone groups is 1. The van der Waals surface area contributed by atoms with Gasteiger partial charge >= 0.3 is 0 Å². The lowest BCUT2D eigenvalue weighted by molar-refractivity contribution is 0.194. The van der Waals surface area contributed by atoms with Crippen LogP contribution in [-0.4, -0.2) is 76.2 Å². The van der Waals surface area contributed by atoms with E-state index in [1.54, 1.807) is 31.3 Å². The zero-order chi connectivity index (χ0) is 21.9. The van der Waals surface area contributed by atoms with Gasteiger partial charge in [0.25, 0.3) is 0 Å². The molecule has 174 valence electrons. The summed E-state index contributed by atoms with van der Waals surface area (Å²) in [6, 6.07) is 19.0. The maximum absolute atomic E-state index is 12.4. The summed E-state index contributed by atoms with van der Waals surface area (Å²) in [5.74, 6) is 0.972. The highest BCUT2D eigenvalue weighted by atomic mass is 127. The Bertz CT molecular complexity index is 958. The fourth-order valence-corrected chi connectivity index (χ4v) is 4.92. The lowest BCUT2D eigenvalue weighted by Gasteiger charge is -2.36. The van der Waals surface area contributed by atoms with Crippen molar-refractivity contribution in [3.63, 3.8) is 0 Å². The highest BCUT2D eigenvalue weighted by Gasteiger charge is 2.19. The molecule has 0 aliphatic carbocycles. The van der Waals surface area contributed by atoms with E-state index in [4.69, 9.17) is 0 Å². The van der Waals surface area contributed by atoms with Crippen molar-refractivity contribution in [2.45, 2.75) is 11.3 Å². The molecule has 0 aromatic heterocycles. The van der Waals surface area contributed by atoms with Gasteiger partial charge in [0.15, 0.2) is 15.8 Å². The van der Waals surface area contributed by atoms with E-state index in [1.165, 1.54) is 5.56 Å². The van der Waals surface area contributed by atoms with Gasteiger partial charge in [0.2, 0.25) is 0 Å². The predicted molar refractivity (Wildman–Crippen MR) is 143 cm³/mol. The first-order valence-electron chi connectivity index (χ1n) is 10.8. The largest absolute Gasteiger partial charge is 0.356 e. The van der Waals surface area contributed by atoms with Crippen LogP contribution in [0.3, 0.4) is 0 Å². The summed E-state index contributed by atoms with van der Waals surface area (Å²) in [4.78, 5) is 9.43. The number of hydrogen-bond donors (Lipinski definition) is 1. The van der Waals surface area contributed by atoms with Crippen LogP contribution in [0.4, 0.5) is 0 Å². The third-order valence-electron chi connectivity index (χ3n) is 5.33. The molecule has 1 fully saturated rings. The molecule has 1 aliphatic rings. The summed E-state index contributed by atoms with van der Waals surface area (Å²) in [5, 5.41) is 3.32. The second kappa shape index (κ2) is 13.6. The molecule has 2 aromatic carbocycles. The Morgan fingerprint density at radius 2 is 1.62 bits per heavy atom. The van der Waals surface area contributed by atoms with Crippen LogP contribution in [0.1, 0.15) is 12.0 Å². The Morgan fingerprint density at radius 1 is 1.00 bits per heavy atom. The molecule has 32 heavy (non-hydrogen) atoms. The predicted octanol–water partition coefficient (Wildman–Crippen LogP) is 3.37. The molecular formula is C24H33IN4O2S. The first-order valence-corrected chi connectivity index (χ1v) is 12.4. The average molecular weight is 569 g/mol. The van der Waals surface area contributed by atoms with Crippen LogP contribution >= 0.6 is 24.0 Å². The third kappa shape index (κ3) is 8.22. The molecular weight excluding hydrogens is 535 g/mol. The van der Waals surface area contributed by atoms with Gasteiger partial charge in [0, 0.05) is 46.3 Å². The molecule has 0 spiro atoms. The van der Waals surface area contributed by atoms with Gasteiger partial charge in [-0.3, -0.25) is 9.89 Å². The Balaban J connectivity index is 0.00000363. The number of nitrogens with zero attached hydrogens (tertiary/aromatic N) is 3. The second-order valence-corrected chi connectivity index (χ2v) is 9.67. The van der Waals surface area contributed by atoms with Crippen molar-refractivity contribution in [3.05, 3.63) is 72.3 Å². The number of guanidine groups is 1. The third-order valence-corrected chi connectivity index (χ3v) is 7.15. The zero-order valence-corrected chi connectivity index (χ0v) is 21.7. The summed E-state index contributed by atoms with van der Waals surface area (Å²) >= 11 is 0. The molecule has 2 aromatic rings. The van der Waals surface area contributed by atoms with Gasteiger partial charge < -0.3 is 10.2 Å². The zero-order valence-electron chi connectivity index (χ0n) is 18.6. The van der Waals surface area contributed by atoms with E-state index in [9.17, 15) is 8.42 Å². The van der Waals surface area contributed by atoms with Crippen molar-refractivity contribution in [3.8, 4) is 0 Å². The number of nitrogens with one attached hydrogen (secondary N) is 1. The maximum Gasteiger partial charge on any atom is 0.193 e. The van der Waals surface area contributed by atoms with E-state index < -0.39 is 9.84 Å². The van der Waals surface area contributed by atoms with Gasteiger partial charge in [-0.25, -0.2) is 8.42 Å². The minimum absolute atomic E-state index is 0. The van der Waals surface area contributed by atoms with Gasteiger partial charge in [0.1, 0.15) is 0 Å². The molecule has 3 rings (SSSR count). The molecule has 1 saturated heterocycles. The van der Waals surface area contributed by atoms with E-state index >= 15 is 0 Å².